The smallest absolute Gasteiger partial charge is 0.122 e. The third-order valence-electron chi connectivity index (χ3n) is 2.55. The first-order valence-electron chi connectivity index (χ1n) is 5.79. The molecule has 0 heterocycles. The highest BCUT2D eigenvalue weighted by Crippen LogP contribution is 2.16. The summed E-state index contributed by atoms with van der Waals surface area (Å²) in [6.45, 7) is 2.83. The second-order valence-corrected chi connectivity index (χ2v) is 4.42. The summed E-state index contributed by atoms with van der Waals surface area (Å²) < 4.78 is 5.69. The minimum atomic E-state index is 0. The zero-order valence-corrected chi connectivity index (χ0v) is 12.0. The van der Waals surface area contributed by atoms with Gasteiger partial charge in [0.05, 0.1) is 6.61 Å². The van der Waals surface area contributed by atoms with Gasteiger partial charge in [-0.15, -0.1) is 12.4 Å². The number of halogens is 1. The Labute approximate surface area is 116 Å². The maximum Gasteiger partial charge on any atom is 0.122 e. The van der Waals surface area contributed by atoms with Gasteiger partial charge in [-0.2, -0.15) is 12.6 Å². The van der Waals surface area contributed by atoms with Crippen LogP contribution < -0.4 is 10.5 Å². The van der Waals surface area contributed by atoms with Crippen LogP contribution in [0.15, 0.2) is 24.3 Å². The Hall–Kier alpha value is -0.380. The van der Waals surface area contributed by atoms with Gasteiger partial charge < -0.3 is 10.5 Å². The van der Waals surface area contributed by atoms with Crippen molar-refractivity contribution in [3.63, 3.8) is 0 Å². The highest BCUT2D eigenvalue weighted by atomic mass is 35.5. The molecule has 0 amide bonds. The highest BCUT2D eigenvalue weighted by molar-refractivity contribution is 7.80. The molecular weight excluding hydrogens is 254 g/mol. The van der Waals surface area contributed by atoms with E-state index in [4.69, 9.17) is 10.5 Å². The van der Waals surface area contributed by atoms with Crippen molar-refractivity contribution < 1.29 is 4.74 Å². The summed E-state index contributed by atoms with van der Waals surface area (Å²) in [4.78, 5) is 0. The predicted octanol–water partition coefficient (Wildman–Crippen LogP) is 3.22. The van der Waals surface area contributed by atoms with Crippen molar-refractivity contribution in [2.24, 2.45) is 5.73 Å². The Bertz CT molecular complexity index is 309. The molecule has 0 aliphatic carbocycles. The number of para-hydroxylation sites is 1. The average Bonchev–Trinajstić information content (AvgIpc) is 2.30. The largest absolute Gasteiger partial charge is 0.493 e. The number of nitrogens with two attached hydrogens (primary N) is 1. The number of unbranched alkanes of at least 4 members (excludes halogenated alkanes) is 1. The molecule has 0 fully saturated rings. The van der Waals surface area contributed by atoms with Gasteiger partial charge in [-0.25, -0.2) is 0 Å². The van der Waals surface area contributed by atoms with Crippen LogP contribution >= 0.6 is 25.0 Å². The quantitative estimate of drug-likeness (QED) is 0.592. The van der Waals surface area contributed by atoms with Crippen molar-refractivity contribution in [3.8, 4) is 5.75 Å². The highest BCUT2D eigenvalue weighted by Gasteiger charge is 2.00. The summed E-state index contributed by atoms with van der Waals surface area (Å²) in [5.41, 5.74) is 6.96. The molecule has 1 aromatic carbocycles. The van der Waals surface area contributed by atoms with E-state index in [1.54, 1.807) is 0 Å². The summed E-state index contributed by atoms with van der Waals surface area (Å²) in [6.07, 6.45) is 3.18. The summed E-state index contributed by atoms with van der Waals surface area (Å²) in [7, 11) is 0. The van der Waals surface area contributed by atoms with E-state index in [2.05, 4.69) is 25.6 Å². The molecule has 0 aliphatic rings. The van der Waals surface area contributed by atoms with Gasteiger partial charge in [0.2, 0.25) is 0 Å². The first kappa shape index (κ1) is 16.6. The number of aryl methyl sites for hydroxylation is 1. The van der Waals surface area contributed by atoms with Crippen LogP contribution in [0.5, 0.6) is 5.75 Å². The molecule has 1 rings (SSSR count). The molecule has 1 unspecified atom stereocenters. The fraction of sp³-hybridized carbons (Fsp3) is 0.538. The summed E-state index contributed by atoms with van der Waals surface area (Å²) in [5.74, 6) is 1.75. The number of ether oxygens (including phenoxy) is 1. The monoisotopic (exact) mass is 275 g/mol. The van der Waals surface area contributed by atoms with Crippen LogP contribution in [0.25, 0.3) is 0 Å². The minimum absolute atomic E-state index is 0. The van der Waals surface area contributed by atoms with Crippen LogP contribution in [0, 0.1) is 6.92 Å². The summed E-state index contributed by atoms with van der Waals surface area (Å²) in [5, 5.41) is 0. The fourth-order valence-corrected chi connectivity index (χ4v) is 1.68. The lowest BCUT2D eigenvalue weighted by molar-refractivity contribution is 0.302. The van der Waals surface area contributed by atoms with Crippen LogP contribution in [0.2, 0.25) is 0 Å². The molecule has 0 aromatic heterocycles. The van der Waals surface area contributed by atoms with Gasteiger partial charge in [0.25, 0.3) is 0 Å². The molecule has 98 valence electrons. The van der Waals surface area contributed by atoms with Crippen LogP contribution in [0.4, 0.5) is 0 Å². The van der Waals surface area contributed by atoms with E-state index in [-0.39, 0.29) is 18.4 Å². The molecule has 17 heavy (non-hydrogen) atoms. The number of hydrogen-bond acceptors (Lipinski definition) is 3. The van der Waals surface area contributed by atoms with Crippen molar-refractivity contribution >= 4 is 25.0 Å². The summed E-state index contributed by atoms with van der Waals surface area (Å²) >= 11 is 4.15. The maximum atomic E-state index is 5.77. The number of hydrogen-bond donors (Lipinski definition) is 2. The third kappa shape index (κ3) is 6.81. The lowest BCUT2D eigenvalue weighted by atomic mass is 10.1. The average molecular weight is 276 g/mol. The fourth-order valence-electron chi connectivity index (χ4n) is 1.50. The molecule has 1 aromatic rings. The van der Waals surface area contributed by atoms with Gasteiger partial charge in [0.15, 0.2) is 0 Å². The first-order valence-corrected chi connectivity index (χ1v) is 6.42. The maximum absolute atomic E-state index is 5.77. The van der Waals surface area contributed by atoms with E-state index < -0.39 is 0 Å². The summed E-state index contributed by atoms with van der Waals surface area (Å²) in [6, 6.07) is 8.32. The lowest BCUT2D eigenvalue weighted by Gasteiger charge is -2.10. The third-order valence-corrected chi connectivity index (χ3v) is 3.02. The van der Waals surface area contributed by atoms with Gasteiger partial charge >= 0.3 is 0 Å². The zero-order valence-electron chi connectivity index (χ0n) is 10.3. The number of thiol groups is 1. The van der Waals surface area contributed by atoms with E-state index in [0.29, 0.717) is 0 Å². The van der Waals surface area contributed by atoms with Crippen LogP contribution in [-0.4, -0.2) is 18.4 Å². The molecule has 0 bridgehead atoms. The van der Waals surface area contributed by atoms with E-state index in [1.807, 2.05) is 18.2 Å². The molecule has 0 aliphatic heterocycles. The Morgan fingerprint density at radius 3 is 2.65 bits per heavy atom. The standard InChI is InChI=1S/C13H21NOS.ClH/c1-11-6-2-3-8-13(11)15-9-5-4-7-12(14)10-16;/h2-3,6,8,12,16H,4-5,7,9-10,14H2,1H3;1H. The second kappa shape index (κ2) is 9.63. The lowest BCUT2D eigenvalue weighted by Crippen LogP contribution is -2.21. The topological polar surface area (TPSA) is 35.2 Å². The first-order chi connectivity index (χ1) is 7.74. The predicted molar refractivity (Wildman–Crippen MR) is 79.6 cm³/mol. The van der Waals surface area contributed by atoms with Crippen LogP contribution in [0.3, 0.4) is 0 Å². The van der Waals surface area contributed by atoms with Crippen LogP contribution in [0.1, 0.15) is 24.8 Å². The minimum Gasteiger partial charge on any atom is -0.493 e. The van der Waals surface area contributed by atoms with E-state index in [0.717, 1.165) is 37.4 Å². The molecule has 0 saturated carbocycles. The van der Waals surface area contributed by atoms with Gasteiger partial charge in [0.1, 0.15) is 5.75 Å². The zero-order chi connectivity index (χ0) is 11.8. The Morgan fingerprint density at radius 1 is 1.29 bits per heavy atom. The van der Waals surface area contributed by atoms with Crippen molar-refractivity contribution in [1.82, 2.24) is 0 Å². The second-order valence-electron chi connectivity index (χ2n) is 4.05. The molecule has 0 spiro atoms. The molecule has 4 heteroatoms. The number of benzene rings is 1. The Kier molecular flexibility index (Phi) is 9.41. The van der Waals surface area contributed by atoms with E-state index >= 15 is 0 Å². The van der Waals surface area contributed by atoms with Crippen molar-refractivity contribution in [2.45, 2.75) is 32.2 Å². The van der Waals surface area contributed by atoms with Gasteiger partial charge in [0, 0.05) is 11.8 Å². The Morgan fingerprint density at radius 2 is 2.00 bits per heavy atom. The number of rotatable bonds is 7. The molecular formula is C13H22ClNOS. The SMILES string of the molecule is Cc1ccccc1OCCCCC(N)CS.Cl. The molecule has 0 saturated heterocycles. The molecule has 0 radical (unpaired) electrons. The Balaban J connectivity index is 0.00000256. The van der Waals surface area contributed by atoms with Crippen molar-refractivity contribution in [2.75, 3.05) is 12.4 Å². The molecule has 1 atom stereocenters. The molecule has 2 N–H and O–H groups in total. The van der Waals surface area contributed by atoms with Crippen molar-refractivity contribution in [1.29, 1.82) is 0 Å². The molecule has 2 nitrogen and oxygen atoms in total. The van der Waals surface area contributed by atoms with Gasteiger partial charge in [-0.1, -0.05) is 18.2 Å². The van der Waals surface area contributed by atoms with Crippen molar-refractivity contribution in [3.05, 3.63) is 29.8 Å². The normalized spacial score (nSPS) is 11.7. The van der Waals surface area contributed by atoms with E-state index in [9.17, 15) is 0 Å². The van der Waals surface area contributed by atoms with Crippen LogP contribution in [-0.2, 0) is 0 Å². The van der Waals surface area contributed by atoms with Gasteiger partial charge in [-0.05, 0) is 37.8 Å². The van der Waals surface area contributed by atoms with Gasteiger partial charge in [-0.3, -0.25) is 0 Å². The van der Waals surface area contributed by atoms with E-state index in [1.165, 1.54) is 5.56 Å².